The van der Waals surface area contributed by atoms with E-state index in [9.17, 15) is 9.59 Å². The average Bonchev–Trinajstić information content (AvgIpc) is 3.50. The number of nitrogens with zero attached hydrogens (tertiary/aromatic N) is 2. The molecule has 0 unspecified atom stereocenters. The summed E-state index contributed by atoms with van der Waals surface area (Å²) in [5, 5.41) is 3.07. The van der Waals surface area contributed by atoms with Gasteiger partial charge in [-0.15, -0.1) is 0 Å². The second kappa shape index (κ2) is 11.0. The molecule has 0 radical (unpaired) electrons. The molecule has 1 aromatic heterocycles. The van der Waals surface area contributed by atoms with Crippen LogP contribution < -0.4 is 10.2 Å². The van der Waals surface area contributed by atoms with E-state index >= 15 is 0 Å². The quantitative estimate of drug-likeness (QED) is 0.515. The highest BCUT2D eigenvalue weighted by Crippen LogP contribution is 2.32. The molecular formula is C27H31N3O3. The Kier molecular flexibility index (Phi) is 7.58. The Hall–Kier alpha value is -3.38. The molecule has 0 spiro atoms. The Morgan fingerprint density at radius 3 is 2.58 bits per heavy atom. The van der Waals surface area contributed by atoms with Gasteiger partial charge in [0.2, 0.25) is 11.8 Å². The molecule has 1 atom stereocenters. The van der Waals surface area contributed by atoms with Crippen LogP contribution in [0, 0.1) is 0 Å². The molecule has 2 aromatic carbocycles. The third-order valence-corrected chi connectivity index (χ3v) is 6.10. The first-order valence-electron chi connectivity index (χ1n) is 11.6. The van der Waals surface area contributed by atoms with Crippen LogP contribution in [0.2, 0.25) is 0 Å². The van der Waals surface area contributed by atoms with Crippen molar-refractivity contribution in [2.45, 2.75) is 38.8 Å². The highest BCUT2D eigenvalue weighted by Gasteiger charge is 2.37. The SMILES string of the molecule is CCC(=O)N1c2ccccc2C[C@H]1C(=O)NCCN(CCc1ccccc1)Cc1ccco1. The standard InChI is InChI=1S/C27H31N3O3/c1-2-26(31)30-24-13-7-6-11-22(24)19-25(30)27(32)28-15-17-29(20-23-12-8-18-33-23)16-14-21-9-4-3-5-10-21/h3-13,18,25H,2,14-17,19-20H2,1H3,(H,28,32)/t25-/m0/s1. The zero-order valence-corrected chi connectivity index (χ0v) is 19.1. The highest BCUT2D eigenvalue weighted by atomic mass is 16.3. The minimum Gasteiger partial charge on any atom is -0.468 e. The number of fused-ring (bicyclic) bond motifs is 1. The molecule has 1 aliphatic rings. The summed E-state index contributed by atoms with van der Waals surface area (Å²) in [6.45, 7) is 4.58. The number of carbonyl (C=O) groups is 2. The van der Waals surface area contributed by atoms with Crippen LogP contribution in [0.25, 0.3) is 0 Å². The van der Waals surface area contributed by atoms with Gasteiger partial charge in [-0.1, -0.05) is 55.5 Å². The van der Waals surface area contributed by atoms with Gasteiger partial charge >= 0.3 is 0 Å². The molecule has 0 saturated carbocycles. The van der Waals surface area contributed by atoms with Crippen LogP contribution in [-0.2, 0) is 29.0 Å². The monoisotopic (exact) mass is 445 g/mol. The normalized spacial score (nSPS) is 15.0. The van der Waals surface area contributed by atoms with Gasteiger partial charge in [0.25, 0.3) is 0 Å². The van der Waals surface area contributed by atoms with Crippen molar-refractivity contribution in [3.05, 3.63) is 89.9 Å². The Morgan fingerprint density at radius 2 is 1.82 bits per heavy atom. The maximum absolute atomic E-state index is 13.1. The lowest BCUT2D eigenvalue weighted by Crippen LogP contribution is -2.49. The molecule has 2 heterocycles. The first-order chi connectivity index (χ1) is 16.2. The smallest absolute Gasteiger partial charge is 0.243 e. The molecule has 2 amide bonds. The van der Waals surface area contributed by atoms with Gasteiger partial charge in [-0.05, 0) is 35.7 Å². The van der Waals surface area contributed by atoms with Gasteiger partial charge in [0.1, 0.15) is 11.8 Å². The number of hydrogen-bond donors (Lipinski definition) is 1. The van der Waals surface area contributed by atoms with E-state index in [0.717, 1.165) is 30.0 Å². The van der Waals surface area contributed by atoms with Crippen LogP contribution in [0.15, 0.2) is 77.4 Å². The predicted molar refractivity (Wildman–Crippen MR) is 129 cm³/mol. The lowest BCUT2D eigenvalue weighted by molar-refractivity contribution is -0.126. The minimum absolute atomic E-state index is 0.0255. The Labute approximate surface area is 195 Å². The number of anilines is 1. The van der Waals surface area contributed by atoms with Crippen molar-refractivity contribution < 1.29 is 14.0 Å². The third kappa shape index (κ3) is 5.71. The summed E-state index contributed by atoms with van der Waals surface area (Å²) in [5.41, 5.74) is 3.18. The number of benzene rings is 2. The van der Waals surface area contributed by atoms with Crippen molar-refractivity contribution in [3.8, 4) is 0 Å². The number of para-hydroxylation sites is 1. The van der Waals surface area contributed by atoms with Gasteiger partial charge in [0.15, 0.2) is 0 Å². The molecule has 172 valence electrons. The van der Waals surface area contributed by atoms with Crippen molar-refractivity contribution in [2.75, 3.05) is 24.5 Å². The van der Waals surface area contributed by atoms with E-state index in [4.69, 9.17) is 4.42 Å². The molecular weight excluding hydrogens is 414 g/mol. The number of carbonyl (C=O) groups excluding carboxylic acids is 2. The van der Waals surface area contributed by atoms with Gasteiger partial charge in [-0.2, -0.15) is 0 Å². The van der Waals surface area contributed by atoms with E-state index in [0.29, 0.717) is 32.5 Å². The van der Waals surface area contributed by atoms with E-state index in [-0.39, 0.29) is 11.8 Å². The predicted octanol–water partition coefficient (Wildman–Crippen LogP) is 3.81. The van der Waals surface area contributed by atoms with Crippen molar-refractivity contribution in [2.24, 2.45) is 0 Å². The second-order valence-corrected chi connectivity index (χ2v) is 8.35. The van der Waals surface area contributed by atoms with Crippen LogP contribution in [0.3, 0.4) is 0 Å². The summed E-state index contributed by atoms with van der Waals surface area (Å²) < 4.78 is 5.54. The fourth-order valence-corrected chi connectivity index (χ4v) is 4.35. The molecule has 6 heteroatoms. The lowest BCUT2D eigenvalue weighted by Gasteiger charge is -2.26. The largest absolute Gasteiger partial charge is 0.468 e. The van der Waals surface area contributed by atoms with E-state index in [2.05, 4.69) is 34.5 Å². The van der Waals surface area contributed by atoms with E-state index in [1.165, 1.54) is 5.56 Å². The van der Waals surface area contributed by atoms with Gasteiger partial charge in [-0.3, -0.25) is 19.4 Å². The van der Waals surface area contributed by atoms with Crippen molar-refractivity contribution in [1.29, 1.82) is 0 Å². The molecule has 0 aliphatic carbocycles. The molecule has 0 saturated heterocycles. The second-order valence-electron chi connectivity index (χ2n) is 8.35. The third-order valence-electron chi connectivity index (χ3n) is 6.10. The average molecular weight is 446 g/mol. The number of nitrogens with one attached hydrogen (secondary N) is 1. The van der Waals surface area contributed by atoms with Crippen LogP contribution in [0.5, 0.6) is 0 Å². The Morgan fingerprint density at radius 1 is 1.03 bits per heavy atom. The van der Waals surface area contributed by atoms with Crippen molar-refractivity contribution in [1.82, 2.24) is 10.2 Å². The van der Waals surface area contributed by atoms with Crippen LogP contribution in [0.4, 0.5) is 5.69 Å². The highest BCUT2D eigenvalue weighted by molar-refractivity contribution is 6.03. The van der Waals surface area contributed by atoms with Crippen LogP contribution in [0.1, 0.15) is 30.2 Å². The summed E-state index contributed by atoms with van der Waals surface area (Å²) in [5.74, 6) is 0.775. The molecule has 4 rings (SSSR count). The summed E-state index contributed by atoms with van der Waals surface area (Å²) in [6, 6.07) is 21.5. The summed E-state index contributed by atoms with van der Waals surface area (Å²) in [7, 11) is 0. The van der Waals surface area contributed by atoms with Crippen LogP contribution >= 0.6 is 0 Å². The minimum atomic E-state index is -0.488. The van der Waals surface area contributed by atoms with Gasteiger partial charge in [-0.25, -0.2) is 0 Å². The molecule has 1 N–H and O–H groups in total. The number of hydrogen-bond acceptors (Lipinski definition) is 4. The molecule has 6 nitrogen and oxygen atoms in total. The van der Waals surface area contributed by atoms with Crippen molar-refractivity contribution in [3.63, 3.8) is 0 Å². The van der Waals surface area contributed by atoms with Crippen LogP contribution in [-0.4, -0.2) is 42.4 Å². The fourth-order valence-electron chi connectivity index (χ4n) is 4.35. The Bertz CT molecular complexity index is 1050. The number of furan rings is 1. The topological polar surface area (TPSA) is 65.8 Å². The summed E-state index contributed by atoms with van der Waals surface area (Å²) in [6.07, 6.45) is 3.53. The summed E-state index contributed by atoms with van der Waals surface area (Å²) in [4.78, 5) is 29.6. The number of amides is 2. The maximum atomic E-state index is 13.1. The maximum Gasteiger partial charge on any atom is 0.243 e. The lowest BCUT2D eigenvalue weighted by atomic mass is 10.1. The van der Waals surface area contributed by atoms with Gasteiger partial charge in [0, 0.05) is 38.2 Å². The zero-order valence-electron chi connectivity index (χ0n) is 19.1. The van der Waals surface area contributed by atoms with Crippen molar-refractivity contribution >= 4 is 17.5 Å². The zero-order chi connectivity index (χ0) is 23.0. The van der Waals surface area contributed by atoms with Gasteiger partial charge < -0.3 is 9.73 Å². The molecule has 33 heavy (non-hydrogen) atoms. The first kappa shape index (κ1) is 22.8. The molecule has 1 aliphatic heterocycles. The fraction of sp³-hybridized carbons (Fsp3) is 0.333. The molecule has 0 fully saturated rings. The molecule has 0 bridgehead atoms. The summed E-state index contributed by atoms with van der Waals surface area (Å²) >= 11 is 0. The first-order valence-corrected chi connectivity index (χ1v) is 11.6. The number of rotatable bonds is 10. The molecule has 3 aromatic rings. The van der Waals surface area contributed by atoms with E-state index in [1.54, 1.807) is 11.2 Å². The van der Waals surface area contributed by atoms with E-state index in [1.807, 2.05) is 49.4 Å². The van der Waals surface area contributed by atoms with Gasteiger partial charge in [0.05, 0.1) is 12.8 Å². The Balaban J connectivity index is 1.35. The van der Waals surface area contributed by atoms with E-state index < -0.39 is 6.04 Å².